The van der Waals surface area contributed by atoms with Crippen molar-refractivity contribution >= 4 is 56.2 Å². The zero-order valence-corrected chi connectivity index (χ0v) is 32.5. The van der Waals surface area contributed by atoms with Gasteiger partial charge in [0.15, 0.2) is 5.66 Å². The van der Waals surface area contributed by atoms with Crippen LogP contribution in [-0.2, 0) is 12.1 Å². The number of allylic oxidation sites excluding steroid dienone is 1. The fourth-order valence-corrected chi connectivity index (χ4v) is 9.30. The van der Waals surface area contributed by atoms with Gasteiger partial charge >= 0.3 is 0 Å². The van der Waals surface area contributed by atoms with Crippen LogP contribution in [0.15, 0.2) is 192 Å². The summed E-state index contributed by atoms with van der Waals surface area (Å²) in [5, 5.41) is 7.44. The Hall–Kier alpha value is -7.24. The Morgan fingerprint density at radius 2 is 1.19 bits per heavy atom. The number of benzene rings is 7. The van der Waals surface area contributed by atoms with Crippen LogP contribution < -0.4 is 5.32 Å². The molecule has 2 aliphatic rings. The van der Waals surface area contributed by atoms with Gasteiger partial charge in [0.2, 0.25) is 5.96 Å². The molecule has 1 aliphatic carbocycles. The van der Waals surface area contributed by atoms with E-state index in [1.807, 2.05) is 12.1 Å². The summed E-state index contributed by atoms with van der Waals surface area (Å²) in [6.07, 6.45) is 3.29. The lowest BCUT2D eigenvalue weighted by atomic mass is 9.82. The van der Waals surface area contributed by atoms with Crippen molar-refractivity contribution in [1.82, 2.24) is 14.5 Å². The second kappa shape index (κ2) is 13.5. The molecule has 3 heterocycles. The first kappa shape index (κ1) is 34.0. The number of aromatic nitrogens is 2. The highest BCUT2D eigenvalue weighted by molar-refractivity contribution is 6.16. The second-order valence-electron chi connectivity index (χ2n) is 15.7. The second-order valence-corrected chi connectivity index (χ2v) is 15.7. The van der Waals surface area contributed by atoms with Crippen LogP contribution >= 0.6 is 0 Å². The molecule has 7 aromatic carbocycles. The summed E-state index contributed by atoms with van der Waals surface area (Å²) >= 11 is 0. The number of nitrogens with one attached hydrogen (secondary N) is 1. The molecule has 9 aromatic rings. The number of para-hydroxylation sites is 3. The van der Waals surface area contributed by atoms with Crippen LogP contribution in [0.4, 0.5) is 0 Å². The van der Waals surface area contributed by atoms with E-state index in [-0.39, 0.29) is 5.92 Å². The maximum Gasteiger partial charge on any atom is 0.234 e. The molecule has 11 rings (SSSR count). The first-order chi connectivity index (χ1) is 28.5. The molecule has 278 valence electrons. The largest absolute Gasteiger partial charge is 0.342 e. The minimum atomic E-state index is -0.722. The summed E-state index contributed by atoms with van der Waals surface area (Å²) in [5.41, 5.74) is 13.6. The van der Waals surface area contributed by atoms with Gasteiger partial charge in [0, 0.05) is 38.7 Å². The first-order valence-electron chi connectivity index (χ1n) is 20.1. The Balaban J connectivity index is 1.06. The SMILES string of the molecule is CC1Cc2c(c3ccccc3n2C2=NC(C)(c3ccccc3)NC(c3ccccc3)=N2)C=C1c1cccc(-c2cccc3c2c2ccccc2n3-c2ccccc2)c1. The summed E-state index contributed by atoms with van der Waals surface area (Å²) in [5.74, 6) is 1.75. The monoisotopic (exact) mass is 747 g/mol. The normalized spacial score (nSPS) is 17.8. The van der Waals surface area contributed by atoms with Crippen LogP contribution in [0.1, 0.15) is 41.8 Å². The van der Waals surface area contributed by atoms with Crippen LogP contribution in [0.25, 0.3) is 61.2 Å². The van der Waals surface area contributed by atoms with Gasteiger partial charge in [0.25, 0.3) is 0 Å². The highest BCUT2D eigenvalue weighted by Gasteiger charge is 2.35. The number of amidine groups is 1. The number of rotatable bonds is 5. The Labute approximate surface area is 338 Å². The lowest BCUT2D eigenvalue weighted by Gasteiger charge is -2.33. The van der Waals surface area contributed by atoms with Gasteiger partial charge in [-0.05, 0) is 89.6 Å². The van der Waals surface area contributed by atoms with Gasteiger partial charge in [0.05, 0.1) is 16.6 Å². The first-order valence-corrected chi connectivity index (χ1v) is 20.1. The van der Waals surface area contributed by atoms with E-state index in [9.17, 15) is 0 Å². The van der Waals surface area contributed by atoms with E-state index in [2.05, 4.69) is 204 Å². The molecule has 2 unspecified atom stereocenters. The highest BCUT2D eigenvalue weighted by atomic mass is 15.3. The van der Waals surface area contributed by atoms with E-state index in [1.165, 1.54) is 60.7 Å². The van der Waals surface area contributed by atoms with Gasteiger partial charge in [0.1, 0.15) is 5.84 Å². The molecule has 2 atom stereocenters. The van der Waals surface area contributed by atoms with Crippen LogP contribution in [-0.4, -0.2) is 20.9 Å². The number of hydrogen-bond donors (Lipinski definition) is 1. The molecule has 0 amide bonds. The van der Waals surface area contributed by atoms with E-state index in [1.54, 1.807) is 0 Å². The number of aliphatic imine (C=N–C) groups is 2. The van der Waals surface area contributed by atoms with Crippen LogP contribution in [0.5, 0.6) is 0 Å². The topological polar surface area (TPSA) is 46.6 Å². The average molecular weight is 748 g/mol. The third-order valence-electron chi connectivity index (χ3n) is 12.0. The minimum absolute atomic E-state index is 0.252. The van der Waals surface area contributed by atoms with Crippen molar-refractivity contribution in [3.8, 4) is 16.8 Å². The Morgan fingerprint density at radius 1 is 0.586 bits per heavy atom. The standard InChI is InChI=1S/C53H41N5/c1-35-32-49-45(42-26-12-14-29-46(42)58(49)52-54-51(36-18-6-3-7-19-36)55-53(2,56-52)39-22-8-4-9-23-39)34-44(35)38-21-16-20-37(33-38)41-28-17-31-48-50(41)43-27-13-15-30-47(43)57(48)40-24-10-5-11-25-40/h3-31,33-35H,32H2,1-2H3,(H,54,55,56). The molecule has 0 saturated carbocycles. The fraction of sp³-hybridized carbons (Fsp3) is 0.0943. The van der Waals surface area contributed by atoms with Crippen LogP contribution in [0.3, 0.4) is 0 Å². The molecule has 0 fully saturated rings. The van der Waals surface area contributed by atoms with Gasteiger partial charge in [-0.2, -0.15) is 4.99 Å². The van der Waals surface area contributed by atoms with Gasteiger partial charge < -0.3 is 9.88 Å². The van der Waals surface area contributed by atoms with Crippen molar-refractivity contribution in [3.05, 3.63) is 210 Å². The highest BCUT2D eigenvalue weighted by Crippen LogP contribution is 2.43. The van der Waals surface area contributed by atoms with Gasteiger partial charge in [-0.3, -0.25) is 4.57 Å². The molecule has 2 aromatic heterocycles. The van der Waals surface area contributed by atoms with Crippen molar-refractivity contribution in [1.29, 1.82) is 0 Å². The summed E-state index contributed by atoms with van der Waals surface area (Å²) in [7, 11) is 0. The van der Waals surface area contributed by atoms with Crippen LogP contribution in [0.2, 0.25) is 0 Å². The minimum Gasteiger partial charge on any atom is -0.342 e. The van der Waals surface area contributed by atoms with Crippen LogP contribution in [0, 0.1) is 5.92 Å². The fourth-order valence-electron chi connectivity index (χ4n) is 9.30. The van der Waals surface area contributed by atoms with E-state index >= 15 is 0 Å². The quantitative estimate of drug-likeness (QED) is 0.187. The predicted molar refractivity (Wildman–Crippen MR) is 242 cm³/mol. The van der Waals surface area contributed by atoms with Crippen molar-refractivity contribution < 1.29 is 0 Å². The Bertz CT molecular complexity index is 3130. The smallest absolute Gasteiger partial charge is 0.234 e. The van der Waals surface area contributed by atoms with Crippen molar-refractivity contribution in [2.24, 2.45) is 15.9 Å². The lowest BCUT2D eigenvalue weighted by molar-refractivity contribution is 0.452. The van der Waals surface area contributed by atoms with Crippen molar-refractivity contribution in [2.45, 2.75) is 25.9 Å². The Morgan fingerprint density at radius 3 is 1.97 bits per heavy atom. The van der Waals surface area contributed by atoms with E-state index < -0.39 is 5.66 Å². The maximum absolute atomic E-state index is 5.43. The summed E-state index contributed by atoms with van der Waals surface area (Å²) in [6.45, 7) is 4.50. The molecular weight excluding hydrogens is 707 g/mol. The average Bonchev–Trinajstić information content (AvgIpc) is 3.79. The summed E-state index contributed by atoms with van der Waals surface area (Å²) in [4.78, 5) is 10.7. The molecule has 0 spiro atoms. The maximum atomic E-state index is 5.43. The van der Waals surface area contributed by atoms with Crippen molar-refractivity contribution in [2.75, 3.05) is 0 Å². The summed E-state index contributed by atoms with van der Waals surface area (Å²) < 4.78 is 4.71. The number of fused-ring (bicyclic) bond motifs is 6. The molecule has 5 nitrogen and oxygen atoms in total. The molecule has 0 bridgehead atoms. The zero-order chi connectivity index (χ0) is 38.8. The summed E-state index contributed by atoms with van der Waals surface area (Å²) in [6, 6.07) is 64.9. The number of nitrogens with zero attached hydrogens (tertiary/aromatic N) is 4. The zero-order valence-electron chi connectivity index (χ0n) is 32.5. The molecule has 58 heavy (non-hydrogen) atoms. The lowest BCUT2D eigenvalue weighted by Crippen LogP contribution is -2.47. The predicted octanol–water partition coefficient (Wildman–Crippen LogP) is 12.3. The molecule has 0 radical (unpaired) electrons. The van der Waals surface area contributed by atoms with Crippen molar-refractivity contribution in [3.63, 3.8) is 0 Å². The van der Waals surface area contributed by atoms with E-state index in [0.717, 1.165) is 34.6 Å². The molecule has 1 N–H and O–H groups in total. The van der Waals surface area contributed by atoms with E-state index in [0.29, 0.717) is 5.96 Å². The van der Waals surface area contributed by atoms with Gasteiger partial charge in [-0.1, -0.05) is 153 Å². The molecular formula is C53H41N5. The van der Waals surface area contributed by atoms with Gasteiger partial charge in [-0.15, -0.1) is 0 Å². The Kier molecular flexibility index (Phi) is 7.90. The molecule has 0 saturated heterocycles. The number of hydrogen-bond acceptors (Lipinski definition) is 3. The molecule has 1 aliphatic heterocycles. The third-order valence-corrected chi connectivity index (χ3v) is 12.0. The molecule has 5 heteroatoms. The van der Waals surface area contributed by atoms with E-state index in [4.69, 9.17) is 9.98 Å². The van der Waals surface area contributed by atoms with Gasteiger partial charge in [-0.25, -0.2) is 4.99 Å². The third kappa shape index (κ3) is 5.46.